The number of benzene rings is 2. The average molecular weight is 437 g/mol. The predicted octanol–water partition coefficient (Wildman–Crippen LogP) is 3.90. The summed E-state index contributed by atoms with van der Waals surface area (Å²) >= 11 is 0. The van der Waals surface area contributed by atoms with Crippen LogP contribution >= 0.6 is 0 Å². The van der Waals surface area contributed by atoms with Gasteiger partial charge in [-0.05, 0) is 48.9 Å². The molecule has 0 spiro atoms. The lowest BCUT2D eigenvalue weighted by atomic mass is 10.1. The highest BCUT2D eigenvalue weighted by atomic mass is 16.5. The third-order valence-corrected chi connectivity index (χ3v) is 5.95. The molecule has 1 fully saturated rings. The standard InChI is InChI=1S/C24H28N4O4/c1-15(17-8-11-20(30-4)21(12-17)31-5)28-14-18(13-22(28)29)23-25-24(32-26-23)16-6-9-19(10-7-16)27(2)3/h6-12,15,18H,13-14H2,1-5H3. The number of amides is 1. The Kier molecular flexibility index (Phi) is 6.03. The summed E-state index contributed by atoms with van der Waals surface area (Å²) in [6.45, 7) is 2.54. The summed E-state index contributed by atoms with van der Waals surface area (Å²) in [5.41, 5.74) is 2.93. The molecule has 3 aromatic rings. The van der Waals surface area contributed by atoms with E-state index in [1.165, 1.54) is 0 Å². The first kappa shape index (κ1) is 21.7. The lowest BCUT2D eigenvalue weighted by Crippen LogP contribution is -2.28. The molecule has 4 rings (SSSR count). The van der Waals surface area contributed by atoms with Crippen LogP contribution in [0.4, 0.5) is 5.69 Å². The average Bonchev–Trinajstić information content (AvgIpc) is 3.45. The number of nitrogens with zero attached hydrogens (tertiary/aromatic N) is 4. The molecule has 0 radical (unpaired) electrons. The summed E-state index contributed by atoms with van der Waals surface area (Å²) in [5.74, 6) is 2.29. The van der Waals surface area contributed by atoms with Gasteiger partial charge in [-0.2, -0.15) is 4.98 Å². The lowest BCUT2D eigenvalue weighted by Gasteiger charge is -2.25. The van der Waals surface area contributed by atoms with Crippen molar-refractivity contribution in [2.75, 3.05) is 39.8 Å². The second-order valence-electron chi connectivity index (χ2n) is 8.14. The van der Waals surface area contributed by atoms with E-state index in [1.54, 1.807) is 14.2 Å². The summed E-state index contributed by atoms with van der Waals surface area (Å²) in [4.78, 5) is 21.3. The summed E-state index contributed by atoms with van der Waals surface area (Å²) in [6, 6.07) is 13.5. The largest absolute Gasteiger partial charge is 0.493 e. The Bertz CT molecular complexity index is 1090. The number of methoxy groups -OCH3 is 2. The van der Waals surface area contributed by atoms with E-state index in [0.717, 1.165) is 16.8 Å². The van der Waals surface area contributed by atoms with Crippen molar-refractivity contribution in [1.29, 1.82) is 0 Å². The van der Waals surface area contributed by atoms with E-state index in [-0.39, 0.29) is 17.9 Å². The minimum Gasteiger partial charge on any atom is -0.493 e. The van der Waals surface area contributed by atoms with E-state index in [2.05, 4.69) is 10.1 Å². The first-order valence-corrected chi connectivity index (χ1v) is 10.5. The molecule has 8 nitrogen and oxygen atoms in total. The number of rotatable bonds is 7. The Morgan fingerprint density at radius 2 is 1.81 bits per heavy atom. The fourth-order valence-corrected chi connectivity index (χ4v) is 3.99. The Hall–Kier alpha value is -3.55. The Labute approximate surface area is 187 Å². The van der Waals surface area contributed by atoms with Gasteiger partial charge in [-0.25, -0.2) is 0 Å². The normalized spacial score (nSPS) is 16.8. The van der Waals surface area contributed by atoms with Gasteiger partial charge in [-0.3, -0.25) is 4.79 Å². The second kappa shape index (κ2) is 8.90. The van der Waals surface area contributed by atoms with Crippen molar-refractivity contribution >= 4 is 11.6 Å². The van der Waals surface area contributed by atoms with Gasteiger partial charge in [0.2, 0.25) is 5.91 Å². The molecule has 2 unspecified atom stereocenters. The van der Waals surface area contributed by atoms with Crippen molar-refractivity contribution in [3.63, 3.8) is 0 Å². The summed E-state index contributed by atoms with van der Waals surface area (Å²) in [6.07, 6.45) is 0.357. The summed E-state index contributed by atoms with van der Waals surface area (Å²) in [7, 11) is 7.19. The molecule has 0 N–H and O–H groups in total. The van der Waals surface area contributed by atoms with Crippen LogP contribution in [0.25, 0.3) is 11.5 Å². The maximum absolute atomic E-state index is 12.8. The zero-order valence-electron chi connectivity index (χ0n) is 19.0. The molecule has 0 bridgehead atoms. The molecule has 168 valence electrons. The van der Waals surface area contributed by atoms with Gasteiger partial charge in [0.05, 0.1) is 20.3 Å². The number of anilines is 1. The molecule has 0 aliphatic carbocycles. The number of ether oxygens (including phenoxy) is 2. The third kappa shape index (κ3) is 4.12. The van der Waals surface area contributed by atoms with Crippen molar-refractivity contribution in [2.24, 2.45) is 0 Å². The quantitative estimate of drug-likeness (QED) is 0.556. The van der Waals surface area contributed by atoms with E-state index in [0.29, 0.717) is 36.2 Å². The van der Waals surface area contributed by atoms with Gasteiger partial charge in [0.1, 0.15) is 0 Å². The van der Waals surface area contributed by atoms with Gasteiger partial charge < -0.3 is 23.8 Å². The maximum atomic E-state index is 12.8. The van der Waals surface area contributed by atoms with E-state index >= 15 is 0 Å². The first-order chi connectivity index (χ1) is 15.4. The van der Waals surface area contributed by atoms with Crippen molar-refractivity contribution in [3.8, 4) is 23.0 Å². The SMILES string of the molecule is COc1ccc(C(C)N2CC(c3noc(-c4ccc(N(C)C)cc4)n3)CC2=O)cc1OC. The number of aromatic nitrogens is 2. The van der Waals surface area contributed by atoms with Gasteiger partial charge in [-0.1, -0.05) is 11.2 Å². The molecule has 1 aromatic heterocycles. The number of hydrogen-bond acceptors (Lipinski definition) is 7. The zero-order valence-corrected chi connectivity index (χ0v) is 19.0. The van der Waals surface area contributed by atoms with E-state index in [1.807, 2.05) is 73.3 Å². The van der Waals surface area contributed by atoms with Crippen LogP contribution < -0.4 is 14.4 Å². The molecule has 2 heterocycles. The van der Waals surface area contributed by atoms with Crippen LogP contribution in [0, 0.1) is 0 Å². The van der Waals surface area contributed by atoms with E-state index in [4.69, 9.17) is 14.0 Å². The Morgan fingerprint density at radius 1 is 1.09 bits per heavy atom. The number of hydrogen-bond donors (Lipinski definition) is 0. The highest BCUT2D eigenvalue weighted by Gasteiger charge is 2.36. The molecule has 2 aromatic carbocycles. The van der Waals surface area contributed by atoms with Crippen LogP contribution in [0.5, 0.6) is 11.5 Å². The molecule has 1 aliphatic heterocycles. The van der Waals surface area contributed by atoms with Crippen LogP contribution in [-0.2, 0) is 4.79 Å². The molecule has 32 heavy (non-hydrogen) atoms. The number of likely N-dealkylation sites (tertiary alicyclic amines) is 1. The minimum absolute atomic E-state index is 0.0685. The van der Waals surface area contributed by atoms with Crippen molar-refractivity contribution in [3.05, 3.63) is 53.9 Å². The van der Waals surface area contributed by atoms with Crippen LogP contribution in [0.2, 0.25) is 0 Å². The predicted molar refractivity (Wildman–Crippen MR) is 121 cm³/mol. The highest BCUT2D eigenvalue weighted by molar-refractivity contribution is 5.80. The van der Waals surface area contributed by atoms with Gasteiger partial charge in [0.25, 0.3) is 5.89 Å². The first-order valence-electron chi connectivity index (χ1n) is 10.5. The lowest BCUT2D eigenvalue weighted by molar-refractivity contribution is -0.129. The molecule has 1 amide bonds. The Morgan fingerprint density at radius 3 is 2.47 bits per heavy atom. The highest BCUT2D eigenvalue weighted by Crippen LogP contribution is 2.36. The van der Waals surface area contributed by atoms with Gasteiger partial charge in [0, 0.05) is 44.2 Å². The third-order valence-electron chi connectivity index (χ3n) is 5.95. The smallest absolute Gasteiger partial charge is 0.257 e. The number of carbonyl (C=O) groups is 1. The van der Waals surface area contributed by atoms with Gasteiger partial charge in [-0.15, -0.1) is 0 Å². The second-order valence-corrected chi connectivity index (χ2v) is 8.14. The van der Waals surface area contributed by atoms with Crippen LogP contribution in [-0.4, -0.2) is 55.8 Å². The Balaban J connectivity index is 1.49. The molecule has 0 saturated carbocycles. The van der Waals surface area contributed by atoms with E-state index < -0.39 is 0 Å². The van der Waals surface area contributed by atoms with Crippen LogP contribution in [0.15, 0.2) is 47.0 Å². The molecular weight excluding hydrogens is 408 g/mol. The van der Waals surface area contributed by atoms with Crippen LogP contribution in [0.3, 0.4) is 0 Å². The summed E-state index contributed by atoms with van der Waals surface area (Å²) in [5, 5.41) is 4.17. The zero-order chi connectivity index (χ0) is 22.8. The summed E-state index contributed by atoms with van der Waals surface area (Å²) < 4.78 is 16.2. The monoisotopic (exact) mass is 436 g/mol. The molecule has 1 aliphatic rings. The van der Waals surface area contributed by atoms with Gasteiger partial charge >= 0.3 is 0 Å². The molecular formula is C24H28N4O4. The number of carbonyl (C=O) groups excluding carboxylic acids is 1. The van der Waals surface area contributed by atoms with E-state index in [9.17, 15) is 4.79 Å². The van der Waals surface area contributed by atoms with Crippen molar-refractivity contribution < 1.29 is 18.8 Å². The minimum atomic E-state index is -0.114. The molecule has 2 atom stereocenters. The molecule has 8 heteroatoms. The maximum Gasteiger partial charge on any atom is 0.257 e. The fourth-order valence-electron chi connectivity index (χ4n) is 3.99. The topological polar surface area (TPSA) is 80.9 Å². The van der Waals surface area contributed by atoms with Gasteiger partial charge in [0.15, 0.2) is 17.3 Å². The molecule has 1 saturated heterocycles. The fraction of sp³-hybridized carbons (Fsp3) is 0.375. The van der Waals surface area contributed by atoms with Crippen molar-refractivity contribution in [2.45, 2.75) is 25.3 Å². The van der Waals surface area contributed by atoms with Crippen LogP contribution in [0.1, 0.15) is 36.7 Å². The van der Waals surface area contributed by atoms with Crippen molar-refractivity contribution in [1.82, 2.24) is 15.0 Å².